The minimum absolute atomic E-state index is 0.0699. The van der Waals surface area contributed by atoms with E-state index >= 15 is 8.78 Å². The average Bonchev–Trinajstić information content (AvgIpc) is 3.71. The van der Waals surface area contributed by atoms with Gasteiger partial charge in [-0.05, 0) is 38.3 Å². The molecule has 0 saturated carbocycles. The van der Waals surface area contributed by atoms with Gasteiger partial charge in [0.25, 0.3) is 6.01 Å². The largest absolute Gasteiger partial charge is 0.461 e. The monoisotopic (exact) mass is 617 g/mol. The molecule has 2 bridgehead atoms. The Morgan fingerprint density at radius 2 is 1.84 bits per heavy atom. The molecule has 0 spiro atoms. The Labute approximate surface area is 248 Å². The third-order valence-electron chi connectivity index (χ3n) is 9.43. The van der Waals surface area contributed by atoms with Crippen LogP contribution in [0.5, 0.6) is 6.01 Å². The van der Waals surface area contributed by atoms with Gasteiger partial charge < -0.3 is 25.1 Å². The van der Waals surface area contributed by atoms with Gasteiger partial charge in [-0.25, -0.2) is 17.6 Å². The summed E-state index contributed by atoms with van der Waals surface area (Å²) in [6.07, 6.45) is 3.15. The van der Waals surface area contributed by atoms with E-state index in [2.05, 4.69) is 25.1 Å². The third kappa shape index (κ3) is 4.30. The molecule has 0 aliphatic carbocycles. The van der Waals surface area contributed by atoms with E-state index in [1.54, 1.807) is 0 Å². The second-order valence-electron chi connectivity index (χ2n) is 12.1. The Bertz CT molecular complexity index is 1780. The summed E-state index contributed by atoms with van der Waals surface area (Å²) in [5.74, 6) is -2.64. The fraction of sp³-hybridized carbons (Fsp3) is 0.483. The maximum Gasteiger partial charge on any atom is 0.319 e. The maximum absolute atomic E-state index is 16.7. The number of fused-ring (bicyclic) bond motifs is 5. The minimum atomic E-state index is -1.09. The first kappa shape index (κ1) is 27.2. The van der Waals surface area contributed by atoms with Crippen molar-refractivity contribution in [2.24, 2.45) is 0 Å². The van der Waals surface area contributed by atoms with Gasteiger partial charge in [0, 0.05) is 55.2 Å². The lowest BCUT2D eigenvalue weighted by atomic mass is 9.95. The molecule has 226 valence electrons. The van der Waals surface area contributed by atoms with Crippen molar-refractivity contribution in [2.75, 3.05) is 43.4 Å². The highest BCUT2D eigenvalue weighted by molar-refractivity contribution is 6.35. The van der Waals surface area contributed by atoms with Crippen LogP contribution in [0.2, 0.25) is 5.02 Å². The van der Waals surface area contributed by atoms with Crippen LogP contribution in [-0.4, -0.2) is 76.4 Å². The number of ether oxygens (including phenoxy) is 1. The van der Waals surface area contributed by atoms with E-state index in [9.17, 15) is 8.78 Å². The molecule has 3 N–H and O–H groups in total. The fourth-order valence-corrected chi connectivity index (χ4v) is 7.87. The van der Waals surface area contributed by atoms with E-state index in [0.717, 1.165) is 32.2 Å². The minimum Gasteiger partial charge on any atom is -0.461 e. The number of alkyl halides is 1. The third-order valence-corrected chi connectivity index (χ3v) is 9.73. The topological polar surface area (TPSA) is 106 Å². The van der Waals surface area contributed by atoms with Crippen molar-refractivity contribution in [2.45, 2.75) is 55.9 Å². The number of piperazine rings is 1. The van der Waals surface area contributed by atoms with Crippen LogP contribution in [-0.2, 0) is 0 Å². The predicted octanol–water partition coefficient (Wildman–Crippen LogP) is 4.99. The summed E-state index contributed by atoms with van der Waals surface area (Å²) in [5.41, 5.74) is 3.54. The molecule has 43 heavy (non-hydrogen) atoms. The van der Waals surface area contributed by atoms with Crippen molar-refractivity contribution in [3.8, 4) is 17.1 Å². The van der Waals surface area contributed by atoms with Crippen molar-refractivity contribution in [1.82, 2.24) is 25.2 Å². The van der Waals surface area contributed by atoms with Crippen LogP contribution in [0, 0.1) is 17.5 Å². The normalized spacial score (nSPS) is 27.1. The Morgan fingerprint density at radius 3 is 2.63 bits per heavy atom. The number of rotatable bonds is 5. The van der Waals surface area contributed by atoms with Crippen LogP contribution in [0.25, 0.3) is 33.1 Å². The Kier molecular flexibility index (Phi) is 6.19. The van der Waals surface area contributed by atoms with Crippen molar-refractivity contribution >= 4 is 45.4 Å². The number of nitrogens with zero attached hydrogens (tertiary/aromatic N) is 5. The van der Waals surface area contributed by atoms with Crippen LogP contribution in [0.1, 0.15) is 32.1 Å². The number of oxazole rings is 1. The van der Waals surface area contributed by atoms with Crippen LogP contribution in [0.3, 0.4) is 0 Å². The lowest BCUT2D eigenvalue weighted by Crippen LogP contribution is -2.51. The first-order valence-electron chi connectivity index (χ1n) is 14.5. The lowest BCUT2D eigenvalue weighted by Gasteiger charge is -2.34. The first-order valence-corrected chi connectivity index (χ1v) is 14.8. The summed E-state index contributed by atoms with van der Waals surface area (Å²) in [4.78, 5) is 17.3. The van der Waals surface area contributed by atoms with Gasteiger partial charge in [0.2, 0.25) is 0 Å². The summed E-state index contributed by atoms with van der Waals surface area (Å²) in [6.45, 7) is 2.57. The number of benzene rings is 2. The molecule has 0 amide bonds. The van der Waals surface area contributed by atoms with Crippen molar-refractivity contribution < 1.29 is 26.7 Å². The molecule has 2 aromatic carbocycles. The van der Waals surface area contributed by atoms with E-state index in [0.29, 0.717) is 43.3 Å². The molecule has 4 atom stereocenters. The molecule has 4 saturated heterocycles. The number of hydrogen-bond donors (Lipinski definition) is 2. The molecule has 14 heteroatoms. The summed E-state index contributed by atoms with van der Waals surface area (Å²) < 4.78 is 72.2. The molecule has 4 fully saturated rings. The van der Waals surface area contributed by atoms with Crippen molar-refractivity contribution in [3.05, 3.63) is 34.6 Å². The number of halogens is 5. The smallest absolute Gasteiger partial charge is 0.319 e. The molecule has 8 rings (SSSR count). The quantitative estimate of drug-likeness (QED) is 0.300. The highest BCUT2D eigenvalue weighted by atomic mass is 35.5. The van der Waals surface area contributed by atoms with Gasteiger partial charge in [-0.2, -0.15) is 15.0 Å². The molecule has 0 radical (unpaired) electrons. The highest BCUT2D eigenvalue weighted by Gasteiger charge is 2.49. The number of nitrogen functional groups attached to an aromatic ring is 1. The molecule has 4 aliphatic heterocycles. The number of aromatic nitrogens is 3. The summed E-state index contributed by atoms with van der Waals surface area (Å²) in [6, 6.07) is 2.08. The van der Waals surface area contributed by atoms with E-state index in [1.807, 2.05) is 0 Å². The highest BCUT2D eigenvalue weighted by Crippen LogP contribution is 2.44. The Balaban J connectivity index is 1.28. The number of hydrogen-bond acceptors (Lipinski definition) is 9. The molecule has 4 aliphatic rings. The van der Waals surface area contributed by atoms with Crippen molar-refractivity contribution in [3.63, 3.8) is 0 Å². The predicted molar refractivity (Wildman–Crippen MR) is 153 cm³/mol. The van der Waals surface area contributed by atoms with Crippen LogP contribution < -0.4 is 20.7 Å². The standard InChI is InChI=1S/C29H28ClF4N7O2/c30-17-6-16-23(22(34)20(17)21-18(32)7-19(33)25-24(21)37-27(35)43-25)38-28(39-26(16)40-10-14-2-3-15(11-40)36-14)42-12-29-4-1-5-41(29)9-13(31)8-29/h6-7,13-15,36H,1-5,8-12H2,(H2,35,37)/t13-,14?,15?,29+/m1/s1. The molecule has 2 unspecified atom stereocenters. The lowest BCUT2D eigenvalue weighted by molar-refractivity contribution is 0.107. The van der Waals surface area contributed by atoms with E-state index in [4.69, 9.17) is 31.5 Å². The molecule has 9 nitrogen and oxygen atoms in total. The second kappa shape index (κ2) is 9.80. The zero-order chi connectivity index (χ0) is 29.6. The number of anilines is 2. The van der Waals surface area contributed by atoms with E-state index in [-0.39, 0.29) is 46.3 Å². The molecule has 6 heterocycles. The number of nitrogens with two attached hydrogens (primary N) is 1. The summed E-state index contributed by atoms with van der Waals surface area (Å²) in [5, 5.41) is 3.75. The van der Waals surface area contributed by atoms with Gasteiger partial charge in [0.15, 0.2) is 17.2 Å². The van der Waals surface area contributed by atoms with Crippen molar-refractivity contribution in [1.29, 1.82) is 0 Å². The zero-order valence-corrected chi connectivity index (χ0v) is 23.7. The molecular formula is C29H28ClF4N7O2. The van der Waals surface area contributed by atoms with Crippen LogP contribution in [0.4, 0.5) is 29.4 Å². The summed E-state index contributed by atoms with van der Waals surface area (Å²) in [7, 11) is 0. The maximum atomic E-state index is 16.7. The van der Waals surface area contributed by atoms with Gasteiger partial charge in [-0.1, -0.05) is 11.6 Å². The van der Waals surface area contributed by atoms with Gasteiger partial charge in [0.1, 0.15) is 35.4 Å². The van der Waals surface area contributed by atoms with Gasteiger partial charge in [-0.3, -0.25) is 4.90 Å². The average molecular weight is 618 g/mol. The van der Waals surface area contributed by atoms with Gasteiger partial charge >= 0.3 is 6.01 Å². The molecular weight excluding hydrogens is 590 g/mol. The van der Waals surface area contributed by atoms with Gasteiger partial charge in [-0.15, -0.1) is 0 Å². The SMILES string of the molecule is Nc1nc2c(-c3c(Cl)cc4c(N5CC6CCC(C5)N6)nc(OC[C@@]56CCCN5C[C@H](F)C6)nc4c3F)c(F)cc(F)c2o1. The van der Waals surface area contributed by atoms with E-state index in [1.165, 1.54) is 6.07 Å². The Hall–Kier alpha value is -3.42. The van der Waals surface area contributed by atoms with Crippen LogP contribution in [0.15, 0.2) is 16.5 Å². The van der Waals surface area contributed by atoms with Gasteiger partial charge in [0.05, 0.1) is 16.1 Å². The molecule has 4 aromatic rings. The molecule has 2 aromatic heterocycles. The number of nitrogens with one attached hydrogen (secondary N) is 1. The first-order chi connectivity index (χ1) is 20.7. The zero-order valence-electron chi connectivity index (χ0n) is 23.0. The summed E-state index contributed by atoms with van der Waals surface area (Å²) >= 11 is 6.65. The second-order valence-corrected chi connectivity index (χ2v) is 12.5. The van der Waals surface area contributed by atoms with Crippen LogP contribution >= 0.6 is 11.6 Å². The Morgan fingerprint density at radius 1 is 1.05 bits per heavy atom. The fourth-order valence-electron chi connectivity index (χ4n) is 7.58. The van der Waals surface area contributed by atoms with E-state index < -0.39 is 46.3 Å².